The molecule has 1 fully saturated rings. The van der Waals surface area contributed by atoms with Gasteiger partial charge in [0, 0.05) is 13.2 Å². The molecule has 1 aromatic carbocycles. The van der Waals surface area contributed by atoms with E-state index in [0.717, 1.165) is 48.8 Å². The van der Waals surface area contributed by atoms with Crippen molar-refractivity contribution in [2.75, 3.05) is 38.7 Å². The number of hydrogen-bond donors (Lipinski definition) is 1. The quantitative estimate of drug-likeness (QED) is 0.809. The molecule has 2 aromatic rings. The number of aryl methyl sites for hydroxylation is 2. The Labute approximate surface area is 160 Å². The molecule has 0 spiro atoms. The van der Waals surface area contributed by atoms with E-state index in [0.29, 0.717) is 19.1 Å². The minimum atomic E-state index is 0.0130. The average Bonchev–Trinajstić information content (AvgIpc) is 2.98. The summed E-state index contributed by atoms with van der Waals surface area (Å²) in [7, 11) is 3.50. The third kappa shape index (κ3) is 5.47. The fourth-order valence-corrected chi connectivity index (χ4v) is 3.31. The lowest BCUT2D eigenvalue weighted by molar-refractivity contribution is -0.117. The van der Waals surface area contributed by atoms with E-state index in [1.165, 1.54) is 0 Å². The molecule has 0 bridgehead atoms. The minimum Gasteiger partial charge on any atom is -0.497 e. The number of nitrogens with zero attached hydrogens (tertiary/aromatic N) is 3. The van der Waals surface area contributed by atoms with Gasteiger partial charge in [0.1, 0.15) is 11.5 Å². The highest BCUT2D eigenvalue weighted by Gasteiger charge is 2.21. The fourth-order valence-electron chi connectivity index (χ4n) is 3.31. The lowest BCUT2D eigenvalue weighted by Crippen LogP contribution is -2.40. The molecule has 7 heteroatoms. The number of carbonyl (C=O) groups excluding carboxylic acids is 1. The number of aromatic nitrogens is 2. The van der Waals surface area contributed by atoms with Crippen molar-refractivity contribution in [3.05, 3.63) is 36.2 Å². The zero-order chi connectivity index (χ0) is 19.2. The lowest BCUT2D eigenvalue weighted by Gasteiger charge is -2.31. The van der Waals surface area contributed by atoms with Crippen LogP contribution >= 0.6 is 0 Å². The molecule has 0 radical (unpaired) electrons. The van der Waals surface area contributed by atoms with Crippen molar-refractivity contribution < 1.29 is 14.3 Å². The van der Waals surface area contributed by atoms with Crippen LogP contribution in [-0.4, -0.2) is 53.9 Å². The number of benzene rings is 1. The number of nitrogens with one attached hydrogen (secondary N) is 1. The maximum absolute atomic E-state index is 12.3. The molecule has 0 unspecified atom stereocenters. The molecule has 3 rings (SSSR count). The molecule has 0 saturated carbocycles. The topological polar surface area (TPSA) is 68.6 Å². The normalized spacial score (nSPS) is 15.5. The average molecular weight is 372 g/mol. The van der Waals surface area contributed by atoms with Crippen molar-refractivity contribution in [2.24, 2.45) is 13.0 Å². The van der Waals surface area contributed by atoms with Gasteiger partial charge in [0.2, 0.25) is 5.91 Å². The van der Waals surface area contributed by atoms with Crippen LogP contribution in [0.5, 0.6) is 11.5 Å². The summed E-state index contributed by atoms with van der Waals surface area (Å²) in [6.07, 6.45) is 3.90. The highest BCUT2D eigenvalue weighted by molar-refractivity contribution is 5.92. The van der Waals surface area contributed by atoms with Crippen LogP contribution in [0.4, 0.5) is 5.69 Å². The first-order valence-corrected chi connectivity index (χ1v) is 9.33. The summed E-state index contributed by atoms with van der Waals surface area (Å²) in [5.74, 6) is 2.23. The number of likely N-dealkylation sites (tertiary alicyclic amines) is 1. The monoisotopic (exact) mass is 372 g/mol. The van der Waals surface area contributed by atoms with Gasteiger partial charge in [-0.05, 0) is 63.0 Å². The molecule has 1 amide bonds. The first-order chi connectivity index (χ1) is 13.0. The zero-order valence-electron chi connectivity index (χ0n) is 16.3. The van der Waals surface area contributed by atoms with E-state index < -0.39 is 0 Å². The maximum Gasteiger partial charge on any atom is 0.238 e. The summed E-state index contributed by atoms with van der Waals surface area (Å²) in [4.78, 5) is 14.5. The predicted molar refractivity (Wildman–Crippen MR) is 104 cm³/mol. The van der Waals surface area contributed by atoms with E-state index in [-0.39, 0.29) is 5.91 Å². The Morgan fingerprint density at radius 2 is 1.89 bits per heavy atom. The number of carbonyl (C=O) groups is 1. The summed E-state index contributed by atoms with van der Waals surface area (Å²) in [6.45, 7) is 4.84. The molecule has 1 aliphatic rings. The molecular weight excluding hydrogens is 344 g/mol. The van der Waals surface area contributed by atoms with Gasteiger partial charge in [-0.1, -0.05) is 0 Å². The van der Waals surface area contributed by atoms with Crippen LogP contribution in [0.2, 0.25) is 0 Å². The van der Waals surface area contributed by atoms with Gasteiger partial charge >= 0.3 is 0 Å². The number of piperidine rings is 1. The van der Waals surface area contributed by atoms with E-state index in [1.807, 2.05) is 44.4 Å². The van der Waals surface area contributed by atoms with Gasteiger partial charge in [-0.25, -0.2) is 0 Å². The van der Waals surface area contributed by atoms with Crippen molar-refractivity contribution in [1.82, 2.24) is 14.7 Å². The number of amides is 1. The lowest BCUT2D eigenvalue weighted by atomic mass is 9.98. The van der Waals surface area contributed by atoms with Crippen LogP contribution in [0.3, 0.4) is 0 Å². The third-order valence-corrected chi connectivity index (χ3v) is 4.91. The van der Waals surface area contributed by atoms with E-state index >= 15 is 0 Å². The third-order valence-electron chi connectivity index (χ3n) is 4.91. The van der Waals surface area contributed by atoms with Gasteiger partial charge in [-0.2, -0.15) is 5.10 Å². The number of rotatable bonds is 7. The molecule has 146 valence electrons. The van der Waals surface area contributed by atoms with Crippen LogP contribution in [0.15, 0.2) is 30.5 Å². The van der Waals surface area contributed by atoms with E-state index in [4.69, 9.17) is 9.47 Å². The second-order valence-corrected chi connectivity index (χ2v) is 7.06. The molecule has 1 aromatic heterocycles. The van der Waals surface area contributed by atoms with E-state index in [2.05, 4.69) is 15.3 Å². The van der Waals surface area contributed by atoms with Gasteiger partial charge in [-0.15, -0.1) is 0 Å². The van der Waals surface area contributed by atoms with Crippen LogP contribution in [0, 0.1) is 12.8 Å². The second-order valence-electron chi connectivity index (χ2n) is 7.06. The number of anilines is 1. The van der Waals surface area contributed by atoms with Gasteiger partial charge < -0.3 is 14.8 Å². The van der Waals surface area contributed by atoms with E-state index in [1.54, 1.807) is 11.8 Å². The molecular formula is C20H28N4O3. The standard InChI is InChI=1S/C20H28N4O3/c1-15-19(12-23(2)22-15)21-20(25)13-24-10-8-16(9-11-24)14-27-18-6-4-17(26-3)5-7-18/h4-7,12,16H,8-11,13-14H2,1-3H3,(H,21,25). The first-order valence-electron chi connectivity index (χ1n) is 9.33. The highest BCUT2D eigenvalue weighted by Crippen LogP contribution is 2.21. The van der Waals surface area contributed by atoms with Gasteiger partial charge in [-0.3, -0.25) is 14.4 Å². The largest absolute Gasteiger partial charge is 0.497 e. The molecule has 27 heavy (non-hydrogen) atoms. The number of ether oxygens (including phenoxy) is 2. The minimum absolute atomic E-state index is 0.0130. The molecule has 0 aliphatic carbocycles. The van der Waals surface area contributed by atoms with Gasteiger partial charge in [0.15, 0.2) is 0 Å². The number of hydrogen-bond acceptors (Lipinski definition) is 5. The van der Waals surface area contributed by atoms with Crippen LogP contribution in [0.1, 0.15) is 18.5 Å². The SMILES string of the molecule is COc1ccc(OCC2CCN(CC(=O)Nc3cn(C)nc3C)CC2)cc1. The molecule has 1 saturated heterocycles. The molecule has 0 atom stereocenters. The summed E-state index contributed by atoms with van der Waals surface area (Å²) < 4.78 is 12.8. The van der Waals surface area contributed by atoms with Crippen molar-refractivity contribution >= 4 is 11.6 Å². The van der Waals surface area contributed by atoms with E-state index in [9.17, 15) is 4.79 Å². The Kier molecular flexibility index (Phi) is 6.34. The Morgan fingerprint density at radius 3 is 2.48 bits per heavy atom. The van der Waals surface area contributed by atoms with Gasteiger partial charge in [0.05, 0.1) is 31.6 Å². The summed E-state index contributed by atoms with van der Waals surface area (Å²) in [5.41, 5.74) is 1.62. The zero-order valence-corrected chi connectivity index (χ0v) is 16.3. The summed E-state index contributed by atoms with van der Waals surface area (Å²) >= 11 is 0. The maximum atomic E-state index is 12.3. The summed E-state index contributed by atoms with van der Waals surface area (Å²) in [6, 6.07) is 7.67. The van der Waals surface area contributed by atoms with Crippen molar-refractivity contribution in [1.29, 1.82) is 0 Å². The van der Waals surface area contributed by atoms with Crippen LogP contribution < -0.4 is 14.8 Å². The van der Waals surface area contributed by atoms with Crippen molar-refractivity contribution in [3.63, 3.8) is 0 Å². The Hall–Kier alpha value is -2.54. The number of methoxy groups -OCH3 is 1. The van der Waals surface area contributed by atoms with Crippen LogP contribution in [0.25, 0.3) is 0 Å². The molecule has 7 nitrogen and oxygen atoms in total. The molecule has 1 aliphatic heterocycles. The van der Waals surface area contributed by atoms with Crippen molar-refractivity contribution in [2.45, 2.75) is 19.8 Å². The fraction of sp³-hybridized carbons (Fsp3) is 0.500. The predicted octanol–water partition coefficient (Wildman–Crippen LogP) is 2.47. The summed E-state index contributed by atoms with van der Waals surface area (Å²) in [5, 5.41) is 7.19. The smallest absolute Gasteiger partial charge is 0.238 e. The Balaban J connectivity index is 1.38. The van der Waals surface area contributed by atoms with Crippen molar-refractivity contribution in [3.8, 4) is 11.5 Å². The first kappa shape index (κ1) is 19.2. The Morgan fingerprint density at radius 1 is 1.22 bits per heavy atom. The molecule has 1 N–H and O–H groups in total. The Bertz CT molecular complexity index is 749. The highest BCUT2D eigenvalue weighted by atomic mass is 16.5. The second kappa shape index (κ2) is 8.90. The van der Waals surface area contributed by atoms with Gasteiger partial charge in [0.25, 0.3) is 0 Å². The van der Waals surface area contributed by atoms with Crippen LogP contribution in [-0.2, 0) is 11.8 Å². The molecule has 2 heterocycles.